The van der Waals surface area contributed by atoms with Crippen molar-refractivity contribution in [3.05, 3.63) is 62.5 Å². The third kappa shape index (κ3) is 4.34. The molecule has 4 heteroatoms. The van der Waals surface area contributed by atoms with Gasteiger partial charge in [-0.15, -0.1) is 0 Å². The summed E-state index contributed by atoms with van der Waals surface area (Å²) in [6, 6.07) is 14.5. The smallest absolute Gasteiger partial charge is 0.0713 e. The fraction of sp³-hybridized carbons (Fsp3) is 0.200. The first kappa shape index (κ1) is 14.6. The minimum absolute atomic E-state index is 0.658. The summed E-state index contributed by atoms with van der Waals surface area (Å²) in [6.07, 6.45) is 0. The Bertz CT molecular complexity index is 540. The van der Waals surface area contributed by atoms with E-state index >= 15 is 0 Å². The SMILES string of the molecule is COCc1ccc(CNc2cc(Br)ccc2Br)cc1. The van der Waals surface area contributed by atoms with Crippen LogP contribution in [0, 0.1) is 0 Å². The Kier molecular flexibility index (Phi) is 5.43. The maximum absolute atomic E-state index is 5.10. The van der Waals surface area contributed by atoms with Crippen LogP contribution in [-0.2, 0) is 17.9 Å². The maximum atomic E-state index is 5.10. The zero-order valence-corrected chi connectivity index (χ0v) is 13.8. The Morgan fingerprint density at radius 2 is 1.68 bits per heavy atom. The molecule has 0 heterocycles. The van der Waals surface area contributed by atoms with Gasteiger partial charge in [0.05, 0.1) is 6.61 Å². The van der Waals surface area contributed by atoms with Gasteiger partial charge in [0.1, 0.15) is 0 Å². The van der Waals surface area contributed by atoms with E-state index in [4.69, 9.17) is 4.74 Å². The molecular formula is C15H15Br2NO. The summed E-state index contributed by atoms with van der Waals surface area (Å²) < 4.78 is 7.22. The van der Waals surface area contributed by atoms with E-state index in [1.165, 1.54) is 11.1 Å². The molecular weight excluding hydrogens is 370 g/mol. The molecule has 0 radical (unpaired) electrons. The molecule has 0 atom stereocenters. The Hall–Kier alpha value is -0.840. The lowest BCUT2D eigenvalue weighted by atomic mass is 10.1. The predicted molar refractivity (Wildman–Crippen MR) is 86.3 cm³/mol. The standard InChI is InChI=1S/C15H15Br2NO/c1-19-10-12-4-2-11(3-5-12)9-18-15-8-13(16)6-7-14(15)17/h2-8,18H,9-10H2,1H3. The fourth-order valence-corrected chi connectivity index (χ4v) is 2.50. The quantitative estimate of drug-likeness (QED) is 0.785. The van der Waals surface area contributed by atoms with E-state index in [2.05, 4.69) is 67.5 Å². The van der Waals surface area contributed by atoms with E-state index in [-0.39, 0.29) is 0 Å². The van der Waals surface area contributed by atoms with Crippen LogP contribution < -0.4 is 5.32 Å². The predicted octanol–water partition coefficient (Wildman–Crippen LogP) is 4.97. The molecule has 0 saturated carbocycles. The molecule has 2 nitrogen and oxygen atoms in total. The monoisotopic (exact) mass is 383 g/mol. The van der Waals surface area contributed by atoms with Crippen molar-refractivity contribution in [3.8, 4) is 0 Å². The number of nitrogens with one attached hydrogen (secondary N) is 1. The van der Waals surface area contributed by atoms with Gasteiger partial charge in [0, 0.05) is 28.3 Å². The van der Waals surface area contributed by atoms with Crippen LogP contribution in [0.5, 0.6) is 0 Å². The van der Waals surface area contributed by atoms with E-state index in [1.807, 2.05) is 12.1 Å². The van der Waals surface area contributed by atoms with Crippen LogP contribution in [0.3, 0.4) is 0 Å². The largest absolute Gasteiger partial charge is 0.380 e. The maximum Gasteiger partial charge on any atom is 0.0713 e. The first-order valence-electron chi connectivity index (χ1n) is 5.94. The second-order valence-electron chi connectivity index (χ2n) is 4.23. The molecule has 0 spiro atoms. The van der Waals surface area contributed by atoms with E-state index < -0.39 is 0 Å². The van der Waals surface area contributed by atoms with Gasteiger partial charge in [0.2, 0.25) is 0 Å². The van der Waals surface area contributed by atoms with Crippen molar-refractivity contribution in [2.75, 3.05) is 12.4 Å². The summed E-state index contributed by atoms with van der Waals surface area (Å²) >= 11 is 7.01. The summed E-state index contributed by atoms with van der Waals surface area (Å²) in [5, 5.41) is 3.41. The van der Waals surface area contributed by atoms with Gasteiger partial charge in [-0.3, -0.25) is 0 Å². The van der Waals surface area contributed by atoms with Crippen molar-refractivity contribution in [2.24, 2.45) is 0 Å². The molecule has 0 aliphatic rings. The molecule has 0 amide bonds. The molecule has 19 heavy (non-hydrogen) atoms. The van der Waals surface area contributed by atoms with Gasteiger partial charge in [-0.25, -0.2) is 0 Å². The highest BCUT2D eigenvalue weighted by Crippen LogP contribution is 2.26. The number of hydrogen-bond acceptors (Lipinski definition) is 2. The summed E-state index contributed by atoms with van der Waals surface area (Å²) in [4.78, 5) is 0. The first-order chi connectivity index (χ1) is 9.19. The molecule has 2 rings (SSSR count). The van der Waals surface area contributed by atoms with E-state index in [0.717, 1.165) is 21.2 Å². The summed E-state index contributed by atoms with van der Waals surface area (Å²) in [5.41, 5.74) is 3.51. The molecule has 0 fully saturated rings. The van der Waals surface area contributed by atoms with Gasteiger partial charge in [-0.1, -0.05) is 40.2 Å². The van der Waals surface area contributed by atoms with Gasteiger partial charge in [-0.05, 0) is 45.3 Å². The third-order valence-corrected chi connectivity index (χ3v) is 3.93. The van der Waals surface area contributed by atoms with Crippen molar-refractivity contribution in [2.45, 2.75) is 13.2 Å². The third-order valence-electron chi connectivity index (χ3n) is 2.75. The minimum Gasteiger partial charge on any atom is -0.380 e. The number of hydrogen-bond donors (Lipinski definition) is 1. The van der Waals surface area contributed by atoms with Crippen molar-refractivity contribution >= 4 is 37.5 Å². The van der Waals surface area contributed by atoms with E-state index in [1.54, 1.807) is 7.11 Å². The van der Waals surface area contributed by atoms with Gasteiger partial charge < -0.3 is 10.1 Å². The highest BCUT2D eigenvalue weighted by molar-refractivity contribution is 9.11. The van der Waals surface area contributed by atoms with Crippen LogP contribution >= 0.6 is 31.9 Å². The molecule has 0 aromatic heterocycles. The molecule has 0 saturated heterocycles. The molecule has 0 unspecified atom stereocenters. The van der Waals surface area contributed by atoms with Crippen molar-refractivity contribution in [3.63, 3.8) is 0 Å². The number of anilines is 1. The average molecular weight is 385 g/mol. The van der Waals surface area contributed by atoms with Gasteiger partial charge in [0.25, 0.3) is 0 Å². The molecule has 1 N–H and O–H groups in total. The lowest BCUT2D eigenvalue weighted by Crippen LogP contribution is -2.00. The van der Waals surface area contributed by atoms with Crippen molar-refractivity contribution in [1.82, 2.24) is 0 Å². The lowest BCUT2D eigenvalue weighted by Gasteiger charge is -2.09. The van der Waals surface area contributed by atoms with Crippen LogP contribution in [0.4, 0.5) is 5.69 Å². The summed E-state index contributed by atoms with van der Waals surface area (Å²) in [6.45, 7) is 1.45. The summed E-state index contributed by atoms with van der Waals surface area (Å²) in [5.74, 6) is 0. The second-order valence-corrected chi connectivity index (χ2v) is 6.00. The van der Waals surface area contributed by atoms with Gasteiger partial charge in [0.15, 0.2) is 0 Å². The van der Waals surface area contributed by atoms with Gasteiger partial charge >= 0.3 is 0 Å². The lowest BCUT2D eigenvalue weighted by molar-refractivity contribution is 0.185. The number of rotatable bonds is 5. The highest BCUT2D eigenvalue weighted by Gasteiger charge is 2.01. The average Bonchev–Trinajstić information content (AvgIpc) is 2.42. The number of ether oxygens (including phenoxy) is 1. The Balaban J connectivity index is 2.00. The highest BCUT2D eigenvalue weighted by atomic mass is 79.9. The minimum atomic E-state index is 0.658. The molecule has 100 valence electrons. The number of methoxy groups -OCH3 is 1. The van der Waals surface area contributed by atoms with Crippen LogP contribution in [0.15, 0.2) is 51.4 Å². The molecule has 0 aliphatic heterocycles. The molecule has 2 aromatic rings. The fourth-order valence-electron chi connectivity index (χ4n) is 1.75. The zero-order chi connectivity index (χ0) is 13.7. The molecule has 0 aliphatic carbocycles. The molecule has 2 aromatic carbocycles. The van der Waals surface area contributed by atoms with Crippen LogP contribution in [0.1, 0.15) is 11.1 Å². The number of benzene rings is 2. The van der Waals surface area contributed by atoms with Crippen molar-refractivity contribution in [1.29, 1.82) is 0 Å². The topological polar surface area (TPSA) is 21.3 Å². The second kappa shape index (κ2) is 7.08. The van der Waals surface area contributed by atoms with E-state index in [0.29, 0.717) is 6.61 Å². The number of halogens is 2. The molecule has 0 bridgehead atoms. The van der Waals surface area contributed by atoms with Crippen LogP contribution in [-0.4, -0.2) is 7.11 Å². The first-order valence-corrected chi connectivity index (χ1v) is 7.53. The normalized spacial score (nSPS) is 10.5. The van der Waals surface area contributed by atoms with Crippen LogP contribution in [0.2, 0.25) is 0 Å². The van der Waals surface area contributed by atoms with Crippen molar-refractivity contribution < 1.29 is 4.74 Å². The van der Waals surface area contributed by atoms with Gasteiger partial charge in [-0.2, -0.15) is 0 Å². The Morgan fingerprint density at radius 1 is 1.00 bits per heavy atom. The zero-order valence-electron chi connectivity index (χ0n) is 10.6. The summed E-state index contributed by atoms with van der Waals surface area (Å²) in [7, 11) is 1.71. The van der Waals surface area contributed by atoms with Crippen LogP contribution in [0.25, 0.3) is 0 Å². The van der Waals surface area contributed by atoms with E-state index in [9.17, 15) is 0 Å². The Morgan fingerprint density at radius 3 is 2.37 bits per heavy atom. The Labute approximate surface area is 130 Å².